The van der Waals surface area contributed by atoms with Gasteiger partial charge in [-0.3, -0.25) is 4.72 Å². The standard InChI is InChI=1S/C11H9F2N3O2S/c12-7-1-2-11(15-6-7)16-19(17,18)10-4-8(13)3-9(14)5-10/h1-6H,14H2,(H,15,16). The van der Waals surface area contributed by atoms with Gasteiger partial charge < -0.3 is 5.73 Å². The van der Waals surface area contributed by atoms with Crippen molar-refractivity contribution in [1.29, 1.82) is 0 Å². The minimum absolute atomic E-state index is 0.0209. The Balaban J connectivity index is 2.34. The van der Waals surface area contributed by atoms with Crippen LogP contribution in [-0.2, 0) is 10.0 Å². The van der Waals surface area contributed by atoms with E-state index in [1.807, 2.05) is 0 Å². The van der Waals surface area contributed by atoms with Gasteiger partial charge in [0.05, 0.1) is 11.1 Å². The molecule has 2 rings (SSSR count). The zero-order chi connectivity index (χ0) is 14.0. The summed E-state index contributed by atoms with van der Waals surface area (Å²) in [6.07, 6.45) is 0.859. The summed E-state index contributed by atoms with van der Waals surface area (Å²) in [7, 11) is -4.03. The number of nitrogens with zero attached hydrogens (tertiary/aromatic N) is 1. The Morgan fingerprint density at radius 1 is 1.11 bits per heavy atom. The third-order valence-electron chi connectivity index (χ3n) is 2.17. The third-order valence-corrected chi connectivity index (χ3v) is 3.50. The van der Waals surface area contributed by atoms with Gasteiger partial charge in [0.15, 0.2) is 0 Å². The van der Waals surface area contributed by atoms with Crippen LogP contribution in [0, 0.1) is 11.6 Å². The molecule has 19 heavy (non-hydrogen) atoms. The van der Waals surface area contributed by atoms with Gasteiger partial charge in [-0.1, -0.05) is 0 Å². The second-order valence-electron chi connectivity index (χ2n) is 3.69. The van der Waals surface area contributed by atoms with E-state index >= 15 is 0 Å². The first kappa shape index (κ1) is 13.2. The monoisotopic (exact) mass is 285 g/mol. The van der Waals surface area contributed by atoms with Crippen molar-refractivity contribution in [3.8, 4) is 0 Å². The Kier molecular flexibility index (Phi) is 3.34. The molecule has 0 spiro atoms. The minimum atomic E-state index is -4.03. The van der Waals surface area contributed by atoms with Crippen molar-refractivity contribution in [2.24, 2.45) is 0 Å². The number of sulfonamides is 1. The summed E-state index contributed by atoms with van der Waals surface area (Å²) in [5.74, 6) is -1.45. The average molecular weight is 285 g/mol. The van der Waals surface area contributed by atoms with Crippen molar-refractivity contribution >= 4 is 21.5 Å². The average Bonchev–Trinajstić information content (AvgIpc) is 2.31. The molecule has 0 unspecified atom stereocenters. The van der Waals surface area contributed by atoms with Crippen molar-refractivity contribution in [2.45, 2.75) is 4.90 Å². The van der Waals surface area contributed by atoms with Gasteiger partial charge in [-0.15, -0.1) is 0 Å². The van der Waals surface area contributed by atoms with Crippen LogP contribution < -0.4 is 10.5 Å². The highest BCUT2D eigenvalue weighted by molar-refractivity contribution is 7.92. The van der Waals surface area contributed by atoms with Gasteiger partial charge >= 0.3 is 0 Å². The Bertz CT molecular complexity index is 682. The van der Waals surface area contributed by atoms with Gasteiger partial charge in [-0.05, 0) is 30.3 Å². The molecule has 5 nitrogen and oxygen atoms in total. The molecule has 1 aromatic heterocycles. The smallest absolute Gasteiger partial charge is 0.263 e. The van der Waals surface area contributed by atoms with Crippen molar-refractivity contribution in [1.82, 2.24) is 4.98 Å². The molecule has 8 heteroatoms. The lowest BCUT2D eigenvalue weighted by atomic mass is 10.3. The number of nitrogens with one attached hydrogen (secondary N) is 1. The van der Waals surface area contributed by atoms with Crippen LogP contribution in [-0.4, -0.2) is 13.4 Å². The van der Waals surface area contributed by atoms with Gasteiger partial charge in [0.25, 0.3) is 10.0 Å². The Morgan fingerprint density at radius 2 is 1.84 bits per heavy atom. The highest BCUT2D eigenvalue weighted by Gasteiger charge is 2.16. The molecule has 1 heterocycles. The molecule has 0 saturated heterocycles. The van der Waals surface area contributed by atoms with Crippen LogP contribution in [0.2, 0.25) is 0 Å². The molecule has 0 fully saturated rings. The number of hydrogen-bond acceptors (Lipinski definition) is 4. The van der Waals surface area contributed by atoms with Crippen molar-refractivity contribution in [3.05, 3.63) is 48.2 Å². The van der Waals surface area contributed by atoms with E-state index in [-0.39, 0.29) is 16.4 Å². The molecule has 0 radical (unpaired) electrons. The van der Waals surface area contributed by atoms with E-state index in [4.69, 9.17) is 5.73 Å². The van der Waals surface area contributed by atoms with Gasteiger partial charge in [0.2, 0.25) is 0 Å². The van der Waals surface area contributed by atoms with Crippen molar-refractivity contribution in [3.63, 3.8) is 0 Å². The quantitative estimate of drug-likeness (QED) is 0.841. The topological polar surface area (TPSA) is 85.1 Å². The van der Waals surface area contributed by atoms with Crippen LogP contribution in [0.5, 0.6) is 0 Å². The van der Waals surface area contributed by atoms with E-state index in [0.29, 0.717) is 0 Å². The summed E-state index contributed by atoms with van der Waals surface area (Å²) in [4.78, 5) is 3.21. The number of benzene rings is 1. The molecular formula is C11H9F2N3O2S. The molecule has 0 saturated carbocycles. The van der Waals surface area contributed by atoms with Gasteiger partial charge in [0.1, 0.15) is 17.5 Å². The lowest BCUT2D eigenvalue weighted by Gasteiger charge is -2.08. The molecule has 0 aliphatic heterocycles. The van der Waals surface area contributed by atoms with Crippen LogP contribution in [0.25, 0.3) is 0 Å². The van der Waals surface area contributed by atoms with Crippen LogP contribution in [0.15, 0.2) is 41.4 Å². The molecule has 3 N–H and O–H groups in total. The van der Waals surface area contributed by atoms with Gasteiger partial charge in [-0.2, -0.15) is 0 Å². The van der Waals surface area contributed by atoms with Crippen molar-refractivity contribution in [2.75, 3.05) is 10.5 Å². The third kappa shape index (κ3) is 3.16. The summed E-state index contributed by atoms with van der Waals surface area (Å²) in [6, 6.07) is 5.12. The Hall–Kier alpha value is -2.22. The molecule has 0 aliphatic rings. The van der Waals surface area contributed by atoms with E-state index in [1.54, 1.807) is 0 Å². The van der Waals surface area contributed by atoms with E-state index in [1.165, 1.54) is 0 Å². The molecule has 0 aliphatic carbocycles. The summed E-state index contributed by atoms with van der Waals surface area (Å²) in [5, 5.41) is 0. The zero-order valence-electron chi connectivity index (χ0n) is 9.47. The molecule has 1 aromatic carbocycles. The van der Waals surface area contributed by atoms with Crippen LogP contribution in [0.4, 0.5) is 20.3 Å². The molecule has 0 bridgehead atoms. The Morgan fingerprint density at radius 3 is 2.42 bits per heavy atom. The minimum Gasteiger partial charge on any atom is -0.399 e. The first-order valence-corrected chi connectivity index (χ1v) is 6.55. The van der Waals surface area contributed by atoms with E-state index in [9.17, 15) is 17.2 Å². The summed E-state index contributed by atoms with van der Waals surface area (Å²) >= 11 is 0. The lowest BCUT2D eigenvalue weighted by molar-refractivity contribution is 0.595. The number of halogens is 2. The maximum absolute atomic E-state index is 13.1. The molecule has 100 valence electrons. The maximum atomic E-state index is 13.1. The van der Waals surface area contributed by atoms with Gasteiger partial charge in [0, 0.05) is 5.69 Å². The number of aromatic nitrogens is 1. The largest absolute Gasteiger partial charge is 0.399 e. The first-order chi connectivity index (χ1) is 8.87. The molecule has 0 amide bonds. The fourth-order valence-electron chi connectivity index (χ4n) is 1.37. The number of pyridine rings is 1. The predicted octanol–water partition coefficient (Wildman–Crippen LogP) is 1.74. The fraction of sp³-hybridized carbons (Fsp3) is 0. The Labute approximate surface area is 108 Å². The van der Waals surface area contributed by atoms with E-state index in [0.717, 1.165) is 36.5 Å². The zero-order valence-corrected chi connectivity index (χ0v) is 10.3. The van der Waals surface area contributed by atoms with E-state index < -0.39 is 21.7 Å². The van der Waals surface area contributed by atoms with Crippen molar-refractivity contribution < 1.29 is 17.2 Å². The summed E-state index contributed by atoms with van der Waals surface area (Å²) in [5.41, 5.74) is 5.35. The molecule has 0 atom stereocenters. The normalized spacial score (nSPS) is 11.3. The van der Waals surface area contributed by atoms with Crippen LogP contribution in [0.3, 0.4) is 0 Å². The fourth-order valence-corrected chi connectivity index (χ4v) is 2.45. The summed E-state index contributed by atoms with van der Waals surface area (Å²) in [6.45, 7) is 0. The SMILES string of the molecule is Nc1cc(F)cc(S(=O)(=O)Nc2ccc(F)cn2)c1. The second-order valence-corrected chi connectivity index (χ2v) is 5.37. The molecule has 2 aromatic rings. The number of hydrogen-bond donors (Lipinski definition) is 2. The van der Waals surface area contributed by atoms with Crippen LogP contribution in [0.1, 0.15) is 0 Å². The van der Waals surface area contributed by atoms with Crippen LogP contribution >= 0.6 is 0 Å². The number of anilines is 2. The predicted molar refractivity (Wildman–Crippen MR) is 65.8 cm³/mol. The second kappa shape index (κ2) is 4.81. The lowest BCUT2D eigenvalue weighted by Crippen LogP contribution is -2.14. The number of nitrogens with two attached hydrogens (primary N) is 1. The van der Waals surface area contributed by atoms with E-state index in [2.05, 4.69) is 9.71 Å². The summed E-state index contributed by atoms with van der Waals surface area (Å²) < 4.78 is 51.7. The van der Waals surface area contributed by atoms with Gasteiger partial charge in [-0.25, -0.2) is 22.2 Å². The number of nitrogen functional groups attached to an aromatic ring is 1. The maximum Gasteiger partial charge on any atom is 0.263 e. The highest BCUT2D eigenvalue weighted by atomic mass is 32.2. The first-order valence-electron chi connectivity index (χ1n) is 5.07. The number of rotatable bonds is 3. The molecular weight excluding hydrogens is 276 g/mol. The highest BCUT2D eigenvalue weighted by Crippen LogP contribution is 2.18.